The zero-order chi connectivity index (χ0) is 13.4. The number of aromatic nitrogens is 1. The van der Waals surface area contributed by atoms with Gasteiger partial charge in [-0.1, -0.05) is 13.0 Å². The van der Waals surface area contributed by atoms with Gasteiger partial charge in [0, 0.05) is 30.1 Å². The Kier molecular flexibility index (Phi) is 7.32. The van der Waals surface area contributed by atoms with Crippen molar-refractivity contribution < 1.29 is 0 Å². The first-order valence-electron chi connectivity index (χ1n) is 6.61. The summed E-state index contributed by atoms with van der Waals surface area (Å²) in [5, 5.41) is 4.69. The number of pyridine rings is 1. The monoisotopic (exact) mass is 267 g/mol. The number of thioether (sulfide) groups is 1. The minimum atomic E-state index is 0.375. The Bertz CT molecular complexity index is 342. The second kappa shape index (κ2) is 8.51. The SMILES string of the molecule is CCCNC(C)c1cccnc1SCCN(C)C. The van der Waals surface area contributed by atoms with Crippen molar-refractivity contribution in [2.45, 2.75) is 31.3 Å². The average molecular weight is 267 g/mol. The standard InChI is InChI=1S/C14H25N3S/c1-5-8-15-12(2)13-7-6-9-16-14(13)18-11-10-17(3)4/h6-7,9,12,15H,5,8,10-11H2,1-4H3. The summed E-state index contributed by atoms with van der Waals surface area (Å²) in [6.07, 6.45) is 3.04. The Morgan fingerprint density at radius 3 is 2.89 bits per heavy atom. The highest BCUT2D eigenvalue weighted by molar-refractivity contribution is 7.99. The number of rotatable bonds is 8. The van der Waals surface area contributed by atoms with Crippen LogP contribution in [-0.2, 0) is 0 Å². The van der Waals surface area contributed by atoms with Gasteiger partial charge in [-0.3, -0.25) is 0 Å². The minimum absolute atomic E-state index is 0.375. The molecular weight excluding hydrogens is 242 g/mol. The highest BCUT2D eigenvalue weighted by Crippen LogP contribution is 2.25. The second-order valence-corrected chi connectivity index (χ2v) is 5.81. The number of hydrogen-bond acceptors (Lipinski definition) is 4. The van der Waals surface area contributed by atoms with Crippen molar-refractivity contribution in [3.8, 4) is 0 Å². The molecule has 1 N–H and O–H groups in total. The van der Waals surface area contributed by atoms with Crippen molar-refractivity contribution in [2.75, 3.05) is 32.9 Å². The number of nitrogens with one attached hydrogen (secondary N) is 1. The van der Waals surface area contributed by atoms with Crippen LogP contribution in [0.2, 0.25) is 0 Å². The fraction of sp³-hybridized carbons (Fsp3) is 0.643. The lowest BCUT2D eigenvalue weighted by Gasteiger charge is -2.17. The van der Waals surface area contributed by atoms with Gasteiger partial charge >= 0.3 is 0 Å². The van der Waals surface area contributed by atoms with Gasteiger partial charge < -0.3 is 10.2 Å². The predicted molar refractivity (Wildman–Crippen MR) is 80.2 cm³/mol. The van der Waals surface area contributed by atoms with E-state index in [0.29, 0.717) is 6.04 Å². The summed E-state index contributed by atoms with van der Waals surface area (Å²) >= 11 is 1.84. The topological polar surface area (TPSA) is 28.2 Å². The maximum atomic E-state index is 4.51. The molecule has 4 heteroatoms. The van der Waals surface area contributed by atoms with Gasteiger partial charge in [0.25, 0.3) is 0 Å². The Hall–Kier alpha value is -0.580. The maximum Gasteiger partial charge on any atom is 0.101 e. The van der Waals surface area contributed by atoms with Crippen LogP contribution in [0.25, 0.3) is 0 Å². The van der Waals surface area contributed by atoms with E-state index in [4.69, 9.17) is 0 Å². The summed E-state index contributed by atoms with van der Waals surface area (Å²) < 4.78 is 0. The van der Waals surface area contributed by atoms with Crippen molar-refractivity contribution in [2.24, 2.45) is 0 Å². The van der Waals surface area contributed by atoms with Gasteiger partial charge in [0.2, 0.25) is 0 Å². The molecule has 0 aliphatic heterocycles. The zero-order valence-electron chi connectivity index (χ0n) is 11.9. The third-order valence-corrected chi connectivity index (χ3v) is 3.75. The first-order chi connectivity index (χ1) is 8.65. The lowest BCUT2D eigenvalue weighted by molar-refractivity contribution is 0.437. The van der Waals surface area contributed by atoms with Crippen LogP contribution in [0, 0.1) is 0 Å². The molecule has 1 aromatic heterocycles. The highest BCUT2D eigenvalue weighted by Gasteiger charge is 2.10. The summed E-state index contributed by atoms with van der Waals surface area (Å²) in [5.41, 5.74) is 1.31. The van der Waals surface area contributed by atoms with E-state index in [1.807, 2.05) is 24.0 Å². The van der Waals surface area contributed by atoms with Crippen LogP contribution in [0.5, 0.6) is 0 Å². The van der Waals surface area contributed by atoms with E-state index >= 15 is 0 Å². The smallest absolute Gasteiger partial charge is 0.101 e. The summed E-state index contributed by atoms with van der Waals surface area (Å²) in [7, 11) is 4.21. The summed E-state index contributed by atoms with van der Waals surface area (Å²) in [4.78, 5) is 6.71. The quantitative estimate of drug-likeness (QED) is 0.733. The van der Waals surface area contributed by atoms with Crippen LogP contribution in [-0.4, -0.2) is 42.8 Å². The molecule has 0 amide bonds. The summed E-state index contributed by atoms with van der Waals surface area (Å²) in [6.45, 7) is 6.54. The van der Waals surface area contributed by atoms with Gasteiger partial charge in [-0.15, -0.1) is 11.8 Å². The molecule has 102 valence electrons. The molecule has 0 fully saturated rings. The molecule has 1 heterocycles. The molecule has 0 saturated heterocycles. The normalized spacial score (nSPS) is 12.9. The molecule has 1 aromatic rings. The van der Waals surface area contributed by atoms with Crippen LogP contribution in [0.3, 0.4) is 0 Å². The molecule has 0 aromatic carbocycles. The third kappa shape index (κ3) is 5.38. The van der Waals surface area contributed by atoms with E-state index in [-0.39, 0.29) is 0 Å². The van der Waals surface area contributed by atoms with Gasteiger partial charge in [0.15, 0.2) is 0 Å². The zero-order valence-corrected chi connectivity index (χ0v) is 12.8. The molecule has 3 nitrogen and oxygen atoms in total. The predicted octanol–water partition coefficient (Wildman–Crippen LogP) is 2.80. The number of nitrogens with zero attached hydrogens (tertiary/aromatic N) is 2. The largest absolute Gasteiger partial charge is 0.310 e. The molecule has 1 atom stereocenters. The Morgan fingerprint density at radius 1 is 1.44 bits per heavy atom. The van der Waals surface area contributed by atoms with Crippen LogP contribution >= 0.6 is 11.8 Å². The molecule has 1 unspecified atom stereocenters. The van der Waals surface area contributed by atoms with Crippen LogP contribution in [0.1, 0.15) is 31.9 Å². The van der Waals surface area contributed by atoms with Gasteiger partial charge in [0.1, 0.15) is 5.03 Å². The Morgan fingerprint density at radius 2 is 2.22 bits per heavy atom. The molecule has 18 heavy (non-hydrogen) atoms. The number of hydrogen-bond donors (Lipinski definition) is 1. The average Bonchev–Trinajstić information content (AvgIpc) is 2.36. The highest BCUT2D eigenvalue weighted by atomic mass is 32.2. The first-order valence-corrected chi connectivity index (χ1v) is 7.59. The molecular formula is C14H25N3S. The van der Waals surface area contributed by atoms with Crippen molar-refractivity contribution in [3.63, 3.8) is 0 Å². The van der Waals surface area contributed by atoms with Crippen molar-refractivity contribution in [3.05, 3.63) is 23.9 Å². The first kappa shape index (κ1) is 15.5. The molecule has 0 bridgehead atoms. The summed E-state index contributed by atoms with van der Waals surface area (Å²) in [5.74, 6) is 1.08. The molecule has 0 spiro atoms. The van der Waals surface area contributed by atoms with E-state index in [0.717, 1.165) is 30.3 Å². The second-order valence-electron chi connectivity index (χ2n) is 4.73. The minimum Gasteiger partial charge on any atom is -0.310 e. The van der Waals surface area contributed by atoms with Gasteiger partial charge in [-0.2, -0.15) is 0 Å². The van der Waals surface area contributed by atoms with Crippen molar-refractivity contribution >= 4 is 11.8 Å². The van der Waals surface area contributed by atoms with Crippen LogP contribution < -0.4 is 5.32 Å². The van der Waals surface area contributed by atoms with Crippen molar-refractivity contribution in [1.82, 2.24) is 15.2 Å². The van der Waals surface area contributed by atoms with Crippen LogP contribution in [0.15, 0.2) is 23.4 Å². The van der Waals surface area contributed by atoms with E-state index < -0.39 is 0 Å². The van der Waals surface area contributed by atoms with E-state index in [9.17, 15) is 0 Å². The van der Waals surface area contributed by atoms with Gasteiger partial charge in [-0.05, 0) is 40.1 Å². The van der Waals surface area contributed by atoms with Crippen LogP contribution in [0.4, 0.5) is 0 Å². The third-order valence-electron chi connectivity index (χ3n) is 2.74. The van der Waals surface area contributed by atoms with Crippen molar-refractivity contribution in [1.29, 1.82) is 0 Å². The Labute approximate surface area is 115 Å². The Balaban J connectivity index is 2.60. The fourth-order valence-corrected chi connectivity index (χ4v) is 2.85. The molecule has 0 aliphatic carbocycles. The fourth-order valence-electron chi connectivity index (χ4n) is 1.65. The lowest BCUT2D eigenvalue weighted by atomic mass is 10.1. The lowest BCUT2D eigenvalue weighted by Crippen LogP contribution is -2.20. The van der Waals surface area contributed by atoms with Gasteiger partial charge in [-0.25, -0.2) is 4.98 Å². The van der Waals surface area contributed by atoms with E-state index in [1.54, 1.807) is 0 Å². The molecule has 0 saturated carbocycles. The van der Waals surface area contributed by atoms with E-state index in [2.05, 4.69) is 49.2 Å². The van der Waals surface area contributed by atoms with Gasteiger partial charge in [0.05, 0.1) is 0 Å². The summed E-state index contributed by atoms with van der Waals surface area (Å²) in [6, 6.07) is 4.58. The molecule has 0 radical (unpaired) electrons. The van der Waals surface area contributed by atoms with E-state index in [1.165, 1.54) is 5.56 Å². The molecule has 1 rings (SSSR count). The molecule has 0 aliphatic rings. The maximum absolute atomic E-state index is 4.51.